The third-order valence-corrected chi connectivity index (χ3v) is 2.30. The van der Waals surface area contributed by atoms with Gasteiger partial charge in [-0.05, 0) is 26.8 Å². The molecule has 0 unspecified atom stereocenters. The Kier molecular flexibility index (Phi) is 4.11. The molecule has 0 saturated heterocycles. The smallest absolute Gasteiger partial charge is 0.338 e. The second kappa shape index (κ2) is 5.35. The largest absolute Gasteiger partial charge is 0.507 e. The van der Waals surface area contributed by atoms with Crippen molar-refractivity contribution in [2.75, 3.05) is 6.61 Å². The molecule has 0 atom stereocenters. The molecule has 0 heterocycles. The summed E-state index contributed by atoms with van der Waals surface area (Å²) in [7, 11) is 0. The molecular formula is C13H16O3. The maximum absolute atomic E-state index is 11.5. The van der Waals surface area contributed by atoms with Gasteiger partial charge in [0, 0.05) is 11.1 Å². The van der Waals surface area contributed by atoms with Crippen LogP contribution in [0, 0.1) is 6.92 Å². The van der Waals surface area contributed by atoms with E-state index < -0.39 is 5.97 Å². The van der Waals surface area contributed by atoms with Crippen molar-refractivity contribution in [2.45, 2.75) is 20.8 Å². The molecule has 0 aliphatic carbocycles. The summed E-state index contributed by atoms with van der Waals surface area (Å²) in [5.41, 5.74) is 1.66. The maximum atomic E-state index is 11.5. The second-order valence-corrected chi connectivity index (χ2v) is 3.40. The summed E-state index contributed by atoms with van der Waals surface area (Å²) in [4.78, 5) is 11.5. The number of phenols is 1. The fourth-order valence-corrected chi connectivity index (χ4v) is 1.47. The average Bonchev–Trinajstić information content (AvgIpc) is 2.25. The van der Waals surface area contributed by atoms with E-state index in [1.165, 1.54) is 0 Å². The van der Waals surface area contributed by atoms with Gasteiger partial charge in [-0.2, -0.15) is 0 Å². The van der Waals surface area contributed by atoms with Crippen molar-refractivity contribution < 1.29 is 14.6 Å². The molecule has 86 valence electrons. The van der Waals surface area contributed by atoms with Crippen LogP contribution in [0.4, 0.5) is 0 Å². The normalized spacial score (nSPS) is 10.7. The first-order valence-corrected chi connectivity index (χ1v) is 5.24. The zero-order valence-corrected chi connectivity index (χ0v) is 9.78. The van der Waals surface area contributed by atoms with Gasteiger partial charge in [-0.3, -0.25) is 0 Å². The van der Waals surface area contributed by atoms with Crippen LogP contribution in [0.5, 0.6) is 5.75 Å². The molecule has 1 aromatic carbocycles. The predicted octanol–water partition coefficient (Wildman–Crippen LogP) is 2.91. The van der Waals surface area contributed by atoms with Crippen molar-refractivity contribution in [3.63, 3.8) is 0 Å². The van der Waals surface area contributed by atoms with Gasteiger partial charge in [-0.15, -0.1) is 0 Å². The minimum atomic E-state index is -0.401. The van der Waals surface area contributed by atoms with E-state index in [1.54, 1.807) is 32.1 Å². The van der Waals surface area contributed by atoms with Crippen molar-refractivity contribution in [2.24, 2.45) is 0 Å². The van der Waals surface area contributed by atoms with Crippen molar-refractivity contribution in [1.82, 2.24) is 0 Å². The summed E-state index contributed by atoms with van der Waals surface area (Å²) in [5, 5.41) is 9.87. The maximum Gasteiger partial charge on any atom is 0.338 e. The molecular weight excluding hydrogens is 204 g/mol. The number of hydrogen-bond donors (Lipinski definition) is 1. The van der Waals surface area contributed by atoms with Gasteiger partial charge >= 0.3 is 5.97 Å². The zero-order chi connectivity index (χ0) is 12.1. The lowest BCUT2D eigenvalue weighted by atomic mass is 10.0. The van der Waals surface area contributed by atoms with E-state index in [4.69, 9.17) is 4.74 Å². The van der Waals surface area contributed by atoms with E-state index in [0.717, 1.165) is 0 Å². The number of ether oxygens (including phenoxy) is 1. The van der Waals surface area contributed by atoms with Crippen LogP contribution in [0.3, 0.4) is 0 Å². The summed E-state index contributed by atoms with van der Waals surface area (Å²) >= 11 is 0. The highest BCUT2D eigenvalue weighted by Crippen LogP contribution is 2.26. The molecule has 1 aromatic rings. The first kappa shape index (κ1) is 12.3. The quantitative estimate of drug-likeness (QED) is 0.797. The highest BCUT2D eigenvalue weighted by atomic mass is 16.5. The summed E-state index contributed by atoms with van der Waals surface area (Å²) in [6.07, 6.45) is 3.62. The highest BCUT2D eigenvalue weighted by Gasteiger charge is 2.14. The fraction of sp³-hybridized carbons (Fsp3) is 0.308. The Hall–Kier alpha value is -1.77. The van der Waals surface area contributed by atoms with Crippen molar-refractivity contribution >= 4 is 12.0 Å². The third kappa shape index (κ3) is 2.42. The number of hydrogen-bond acceptors (Lipinski definition) is 3. The lowest BCUT2D eigenvalue weighted by Crippen LogP contribution is -2.06. The number of carbonyl (C=O) groups is 1. The van der Waals surface area contributed by atoms with E-state index in [0.29, 0.717) is 23.3 Å². The van der Waals surface area contributed by atoms with Gasteiger partial charge in [0.1, 0.15) is 5.75 Å². The fourth-order valence-electron chi connectivity index (χ4n) is 1.47. The van der Waals surface area contributed by atoms with Crippen LogP contribution in [0.1, 0.15) is 35.3 Å². The van der Waals surface area contributed by atoms with Crippen LogP contribution in [0.15, 0.2) is 18.2 Å². The molecule has 3 heteroatoms. The number of phenolic OH excluding ortho intramolecular Hbond substituents is 1. The van der Waals surface area contributed by atoms with Gasteiger partial charge in [0.05, 0.1) is 12.2 Å². The lowest BCUT2D eigenvalue weighted by molar-refractivity contribution is 0.0525. The highest BCUT2D eigenvalue weighted by molar-refractivity contribution is 5.92. The van der Waals surface area contributed by atoms with Crippen LogP contribution >= 0.6 is 0 Å². The van der Waals surface area contributed by atoms with E-state index in [9.17, 15) is 9.90 Å². The Morgan fingerprint density at radius 3 is 2.75 bits per heavy atom. The van der Waals surface area contributed by atoms with Crippen molar-refractivity contribution in [3.05, 3.63) is 34.9 Å². The Labute approximate surface area is 95.4 Å². The van der Waals surface area contributed by atoms with Gasteiger partial charge in [0.25, 0.3) is 0 Å². The topological polar surface area (TPSA) is 46.5 Å². The lowest BCUT2D eigenvalue weighted by Gasteiger charge is -2.09. The number of aromatic hydroxyl groups is 1. The standard InChI is InChI=1S/C13H16O3/c1-4-6-10-7-8-11(9(3)12(10)14)13(15)16-5-2/h4,6-8,14H,5H2,1-3H3/b6-4+. The predicted molar refractivity (Wildman–Crippen MR) is 63.5 cm³/mol. The molecule has 0 fully saturated rings. The minimum Gasteiger partial charge on any atom is -0.507 e. The van der Waals surface area contributed by atoms with Gasteiger partial charge in [-0.25, -0.2) is 4.79 Å². The van der Waals surface area contributed by atoms with Crippen LogP contribution < -0.4 is 0 Å². The Morgan fingerprint density at radius 1 is 1.50 bits per heavy atom. The van der Waals surface area contributed by atoms with Gasteiger partial charge in [0.15, 0.2) is 0 Å². The van der Waals surface area contributed by atoms with E-state index in [1.807, 2.05) is 13.0 Å². The Balaban J connectivity index is 3.16. The summed E-state index contributed by atoms with van der Waals surface area (Å²) in [5.74, 6) is -0.272. The third-order valence-electron chi connectivity index (χ3n) is 2.30. The molecule has 0 aromatic heterocycles. The van der Waals surface area contributed by atoms with Crippen LogP contribution in [-0.4, -0.2) is 17.7 Å². The molecule has 0 bridgehead atoms. The first-order chi connectivity index (χ1) is 7.61. The van der Waals surface area contributed by atoms with Crippen LogP contribution in [0.25, 0.3) is 6.08 Å². The molecule has 0 aliphatic rings. The molecule has 3 nitrogen and oxygen atoms in total. The monoisotopic (exact) mass is 220 g/mol. The number of allylic oxidation sites excluding steroid dienone is 1. The first-order valence-electron chi connectivity index (χ1n) is 5.24. The van der Waals surface area contributed by atoms with E-state index in [-0.39, 0.29) is 5.75 Å². The summed E-state index contributed by atoms with van der Waals surface area (Å²) in [6.45, 7) is 5.65. The molecule has 0 aliphatic heterocycles. The Morgan fingerprint density at radius 2 is 2.19 bits per heavy atom. The van der Waals surface area contributed by atoms with Gasteiger partial charge < -0.3 is 9.84 Å². The number of carbonyl (C=O) groups excluding carboxylic acids is 1. The molecule has 0 radical (unpaired) electrons. The summed E-state index contributed by atoms with van der Waals surface area (Å²) < 4.78 is 4.90. The minimum absolute atomic E-state index is 0.128. The summed E-state index contributed by atoms with van der Waals surface area (Å²) in [6, 6.07) is 3.37. The Bertz CT molecular complexity index is 419. The van der Waals surface area contributed by atoms with Crippen molar-refractivity contribution in [3.8, 4) is 5.75 Å². The molecule has 1 rings (SSSR count). The zero-order valence-electron chi connectivity index (χ0n) is 9.78. The van der Waals surface area contributed by atoms with Crippen LogP contribution in [0.2, 0.25) is 0 Å². The molecule has 0 spiro atoms. The van der Waals surface area contributed by atoms with E-state index >= 15 is 0 Å². The number of rotatable bonds is 3. The van der Waals surface area contributed by atoms with Gasteiger partial charge in [0.2, 0.25) is 0 Å². The average molecular weight is 220 g/mol. The number of esters is 1. The van der Waals surface area contributed by atoms with E-state index in [2.05, 4.69) is 0 Å². The van der Waals surface area contributed by atoms with Crippen molar-refractivity contribution in [1.29, 1.82) is 0 Å². The molecule has 0 amide bonds. The van der Waals surface area contributed by atoms with Gasteiger partial charge in [-0.1, -0.05) is 18.2 Å². The molecule has 0 saturated carbocycles. The SMILES string of the molecule is C/C=C/c1ccc(C(=O)OCC)c(C)c1O. The molecule has 16 heavy (non-hydrogen) atoms. The number of benzene rings is 1. The van der Waals surface area contributed by atoms with Crippen LogP contribution in [-0.2, 0) is 4.74 Å². The second-order valence-electron chi connectivity index (χ2n) is 3.40. The molecule has 1 N–H and O–H groups in total.